The van der Waals surface area contributed by atoms with Crippen LogP contribution in [0.1, 0.15) is 18.4 Å². The van der Waals surface area contributed by atoms with Crippen LogP contribution in [-0.4, -0.2) is 64.1 Å². The van der Waals surface area contributed by atoms with Crippen molar-refractivity contribution in [1.29, 1.82) is 0 Å². The molecular formula is C17H27FN2O4S. The molecule has 1 saturated heterocycles. The number of nitrogens with zero attached hydrogens (tertiary/aromatic N) is 2. The van der Waals surface area contributed by atoms with Gasteiger partial charge >= 0.3 is 0 Å². The average Bonchev–Trinajstić information content (AvgIpc) is 2.60. The Morgan fingerprint density at radius 1 is 1.28 bits per heavy atom. The molecule has 0 amide bonds. The highest BCUT2D eigenvalue weighted by molar-refractivity contribution is 7.86. The van der Waals surface area contributed by atoms with Crippen LogP contribution >= 0.6 is 0 Å². The number of hydrogen-bond donors (Lipinski definition) is 0. The van der Waals surface area contributed by atoms with Gasteiger partial charge in [-0.1, -0.05) is 18.2 Å². The molecule has 0 saturated carbocycles. The molecule has 1 heterocycles. The standard InChI is InChI=1S/C17H27FN2O4S/c1-23-11-10-20(13-16-7-3-4-8-17(16)18)25(21,22)19-9-5-6-15(12-19)14-24-2/h3-4,7-8,15H,5-6,9-14H2,1-2H3. The highest BCUT2D eigenvalue weighted by Gasteiger charge is 2.33. The van der Waals surface area contributed by atoms with Crippen LogP contribution < -0.4 is 0 Å². The van der Waals surface area contributed by atoms with Crippen LogP contribution in [0, 0.1) is 11.7 Å². The SMILES string of the molecule is COCCN(Cc1ccccc1F)S(=O)(=O)N1CCCC(COC)C1. The normalized spacial score (nSPS) is 19.4. The van der Waals surface area contributed by atoms with Gasteiger partial charge in [0.25, 0.3) is 10.2 Å². The number of hydrogen-bond acceptors (Lipinski definition) is 4. The van der Waals surface area contributed by atoms with E-state index in [0.717, 1.165) is 12.8 Å². The van der Waals surface area contributed by atoms with Crippen molar-refractivity contribution in [1.82, 2.24) is 8.61 Å². The maximum Gasteiger partial charge on any atom is 0.282 e. The van der Waals surface area contributed by atoms with Gasteiger partial charge in [0, 0.05) is 46.0 Å². The zero-order valence-corrected chi connectivity index (χ0v) is 15.7. The molecular weight excluding hydrogens is 347 g/mol. The van der Waals surface area contributed by atoms with E-state index in [2.05, 4.69) is 0 Å². The first kappa shape index (κ1) is 20.3. The summed E-state index contributed by atoms with van der Waals surface area (Å²) in [5.41, 5.74) is 0.354. The largest absolute Gasteiger partial charge is 0.384 e. The van der Waals surface area contributed by atoms with Crippen molar-refractivity contribution >= 4 is 10.2 Å². The molecule has 1 aliphatic rings. The minimum Gasteiger partial charge on any atom is -0.384 e. The Labute approximate surface area is 149 Å². The van der Waals surface area contributed by atoms with Gasteiger partial charge in [-0.15, -0.1) is 0 Å². The lowest BCUT2D eigenvalue weighted by Crippen LogP contribution is -2.49. The van der Waals surface area contributed by atoms with Gasteiger partial charge in [-0.3, -0.25) is 0 Å². The van der Waals surface area contributed by atoms with E-state index in [1.807, 2.05) is 0 Å². The maximum atomic E-state index is 14.0. The summed E-state index contributed by atoms with van der Waals surface area (Å²) < 4.78 is 53.2. The molecule has 1 atom stereocenters. The Bertz CT molecular complexity index is 639. The molecule has 0 radical (unpaired) electrons. The molecule has 1 fully saturated rings. The van der Waals surface area contributed by atoms with Crippen molar-refractivity contribution < 1.29 is 22.3 Å². The lowest BCUT2D eigenvalue weighted by atomic mass is 10.0. The van der Waals surface area contributed by atoms with Crippen LogP contribution in [-0.2, 0) is 26.2 Å². The van der Waals surface area contributed by atoms with Gasteiger partial charge in [0.2, 0.25) is 0 Å². The van der Waals surface area contributed by atoms with Gasteiger partial charge in [0.1, 0.15) is 5.82 Å². The molecule has 2 rings (SSSR count). The fraction of sp³-hybridized carbons (Fsp3) is 0.647. The topological polar surface area (TPSA) is 59.1 Å². The summed E-state index contributed by atoms with van der Waals surface area (Å²) in [6.45, 7) is 1.86. The Morgan fingerprint density at radius 3 is 2.72 bits per heavy atom. The third-order valence-corrected chi connectivity index (χ3v) is 6.33. The second-order valence-electron chi connectivity index (χ2n) is 6.25. The summed E-state index contributed by atoms with van der Waals surface area (Å²) in [5.74, 6) is -0.220. The van der Waals surface area contributed by atoms with Crippen molar-refractivity contribution in [2.24, 2.45) is 5.92 Å². The first-order valence-electron chi connectivity index (χ1n) is 8.45. The summed E-state index contributed by atoms with van der Waals surface area (Å²) in [7, 11) is -0.559. The number of methoxy groups -OCH3 is 2. The summed E-state index contributed by atoms with van der Waals surface area (Å²) >= 11 is 0. The summed E-state index contributed by atoms with van der Waals surface area (Å²) in [6.07, 6.45) is 1.75. The van der Waals surface area contributed by atoms with E-state index in [9.17, 15) is 12.8 Å². The third kappa shape index (κ3) is 5.46. The molecule has 0 aliphatic carbocycles. The maximum absolute atomic E-state index is 14.0. The van der Waals surface area contributed by atoms with Crippen LogP contribution in [0.4, 0.5) is 4.39 Å². The van der Waals surface area contributed by atoms with Gasteiger partial charge < -0.3 is 9.47 Å². The van der Waals surface area contributed by atoms with Crippen LogP contribution in [0.5, 0.6) is 0 Å². The third-order valence-electron chi connectivity index (χ3n) is 4.39. The van der Waals surface area contributed by atoms with Crippen molar-refractivity contribution in [3.05, 3.63) is 35.6 Å². The lowest BCUT2D eigenvalue weighted by molar-refractivity contribution is 0.114. The number of piperidine rings is 1. The van der Waals surface area contributed by atoms with E-state index in [-0.39, 0.29) is 25.6 Å². The van der Waals surface area contributed by atoms with E-state index in [4.69, 9.17) is 9.47 Å². The van der Waals surface area contributed by atoms with Crippen LogP contribution in [0.3, 0.4) is 0 Å². The quantitative estimate of drug-likeness (QED) is 0.662. The Hall–Kier alpha value is -1.06. The predicted octanol–water partition coefficient (Wildman–Crippen LogP) is 1.88. The number of halogens is 1. The van der Waals surface area contributed by atoms with Gasteiger partial charge in [0.05, 0.1) is 13.2 Å². The minimum atomic E-state index is -3.70. The molecule has 1 aromatic rings. The molecule has 142 valence electrons. The van der Waals surface area contributed by atoms with Crippen LogP contribution in [0.15, 0.2) is 24.3 Å². The van der Waals surface area contributed by atoms with Gasteiger partial charge in [-0.05, 0) is 24.8 Å². The minimum absolute atomic E-state index is 0.0101. The second-order valence-corrected chi connectivity index (χ2v) is 8.18. The van der Waals surface area contributed by atoms with Gasteiger partial charge in [-0.25, -0.2) is 4.39 Å². The van der Waals surface area contributed by atoms with Crippen LogP contribution in [0.2, 0.25) is 0 Å². The molecule has 1 unspecified atom stereocenters. The molecule has 0 spiro atoms. The summed E-state index contributed by atoms with van der Waals surface area (Å²) in [4.78, 5) is 0. The molecule has 1 aliphatic heterocycles. The van der Waals surface area contributed by atoms with Gasteiger partial charge in [-0.2, -0.15) is 17.0 Å². The first-order chi connectivity index (χ1) is 12.0. The highest BCUT2D eigenvalue weighted by Crippen LogP contribution is 2.23. The highest BCUT2D eigenvalue weighted by atomic mass is 32.2. The number of rotatable bonds is 9. The molecule has 0 bridgehead atoms. The van der Waals surface area contributed by atoms with Crippen molar-refractivity contribution in [3.63, 3.8) is 0 Å². The number of ether oxygens (including phenoxy) is 2. The number of benzene rings is 1. The predicted molar refractivity (Wildman–Crippen MR) is 93.8 cm³/mol. The van der Waals surface area contributed by atoms with Crippen molar-refractivity contribution in [2.45, 2.75) is 19.4 Å². The van der Waals surface area contributed by atoms with Crippen LogP contribution in [0.25, 0.3) is 0 Å². The Kier molecular flexibility index (Phi) is 7.77. The average molecular weight is 374 g/mol. The monoisotopic (exact) mass is 374 g/mol. The Balaban J connectivity index is 2.18. The second kappa shape index (κ2) is 9.59. The fourth-order valence-corrected chi connectivity index (χ4v) is 4.75. The van der Waals surface area contributed by atoms with E-state index in [0.29, 0.717) is 25.3 Å². The summed E-state index contributed by atoms with van der Waals surface area (Å²) in [5, 5.41) is 0. The molecule has 0 aromatic heterocycles. The summed E-state index contributed by atoms with van der Waals surface area (Å²) in [6, 6.07) is 6.24. The molecule has 25 heavy (non-hydrogen) atoms. The molecule has 0 N–H and O–H groups in total. The first-order valence-corrected chi connectivity index (χ1v) is 9.85. The van der Waals surface area contributed by atoms with E-state index < -0.39 is 16.0 Å². The molecule has 8 heteroatoms. The zero-order chi connectivity index (χ0) is 18.3. The van der Waals surface area contributed by atoms with Gasteiger partial charge in [0.15, 0.2) is 0 Å². The van der Waals surface area contributed by atoms with E-state index >= 15 is 0 Å². The Morgan fingerprint density at radius 2 is 2.04 bits per heavy atom. The fourth-order valence-electron chi connectivity index (χ4n) is 3.06. The van der Waals surface area contributed by atoms with Crippen molar-refractivity contribution in [3.8, 4) is 0 Å². The van der Waals surface area contributed by atoms with Crippen molar-refractivity contribution in [2.75, 3.05) is 47.1 Å². The molecule has 6 nitrogen and oxygen atoms in total. The smallest absolute Gasteiger partial charge is 0.282 e. The zero-order valence-electron chi connectivity index (χ0n) is 14.9. The van der Waals surface area contributed by atoms with E-state index in [1.54, 1.807) is 25.3 Å². The van der Waals surface area contributed by atoms with E-state index in [1.165, 1.54) is 21.8 Å². The molecule has 1 aromatic carbocycles. The lowest BCUT2D eigenvalue weighted by Gasteiger charge is -2.35.